The van der Waals surface area contributed by atoms with E-state index < -0.39 is 0 Å². The molecule has 4 heterocycles. The van der Waals surface area contributed by atoms with Crippen LogP contribution >= 0.6 is 22.7 Å². The van der Waals surface area contributed by atoms with Gasteiger partial charge >= 0.3 is 0 Å². The Kier molecular flexibility index (Phi) is 3.56. The molecule has 0 saturated heterocycles. The van der Waals surface area contributed by atoms with Crippen molar-refractivity contribution in [3.63, 3.8) is 0 Å². The molecule has 7 heteroatoms. The van der Waals surface area contributed by atoms with Crippen molar-refractivity contribution in [2.45, 2.75) is 33.4 Å². The van der Waals surface area contributed by atoms with Gasteiger partial charge in [0.25, 0.3) is 0 Å². The van der Waals surface area contributed by atoms with Gasteiger partial charge in [0.2, 0.25) is 5.89 Å². The van der Waals surface area contributed by atoms with E-state index in [0.29, 0.717) is 11.7 Å². The Morgan fingerprint density at radius 3 is 2.95 bits per heavy atom. The maximum absolute atomic E-state index is 5.22. The first kappa shape index (κ1) is 14.0. The number of aryl methyl sites for hydroxylation is 2. The van der Waals surface area contributed by atoms with Crippen LogP contribution in [-0.2, 0) is 19.5 Å². The lowest BCUT2D eigenvalue weighted by Crippen LogP contribution is -2.29. The fourth-order valence-electron chi connectivity index (χ4n) is 2.72. The molecule has 114 valence electrons. The van der Waals surface area contributed by atoms with E-state index in [1.54, 1.807) is 11.3 Å². The summed E-state index contributed by atoms with van der Waals surface area (Å²) < 4.78 is 5.22. The van der Waals surface area contributed by atoms with E-state index in [1.165, 1.54) is 15.3 Å². The molecule has 1 aliphatic heterocycles. The molecule has 4 rings (SSSR count). The molecule has 22 heavy (non-hydrogen) atoms. The predicted molar refractivity (Wildman–Crippen MR) is 87.0 cm³/mol. The molecular formula is C15H16N4OS2. The van der Waals surface area contributed by atoms with Gasteiger partial charge in [-0.25, -0.2) is 4.98 Å². The van der Waals surface area contributed by atoms with Gasteiger partial charge in [0.1, 0.15) is 0 Å². The third-order valence-electron chi connectivity index (χ3n) is 3.75. The Labute approximate surface area is 136 Å². The number of aromatic nitrogens is 3. The minimum Gasteiger partial charge on any atom is -0.338 e. The topological polar surface area (TPSA) is 55.1 Å². The largest absolute Gasteiger partial charge is 0.338 e. The van der Waals surface area contributed by atoms with Gasteiger partial charge in [-0.2, -0.15) is 4.98 Å². The van der Waals surface area contributed by atoms with Crippen LogP contribution < -0.4 is 0 Å². The van der Waals surface area contributed by atoms with Crippen molar-refractivity contribution in [2.75, 3.05) is 6.54 Å². The van der Waals surface area contributed by atoms with Crippen molar-refractivity contribution in [1.82, 2.24) is 20.0 Å². The number of thiazole rings is 1. The van der Waals surface area contributed by atoms with Crippen LogP contribution in [0.4, 0.5) is 0 Å². The van der Waals surface area contributed by atoms with Crippen LogP contribution in [0, 0.1) is 13.8 Å². The number of hydrogen-bond donors (Lipinski definition) is 0. The number of nitrogens with zero attached hydrogens (tertiary/aromatic N) is 4. The molecular weight excluding hydrogens is 316 g/mol. The molecule has 3 aromatic rings. The summed E-state index contributed by atoms with van der Waals surface area (Å²) in [4.78, 5) is 14.0. The van der Waals surface area contributed by atoms with Crippen molar-refractivity contribution in [1.29, 1.82) is 0 Å². The second-order valence-electron chi connectivity index (χ2n) is 5.51. The van der Waals surface area contributed by atoms with Gasteiger partial charge in [-0.15, -0.1) is 22.7 Å². The number of rotatable bonds is 3. The van der Waals surface area contributed by atoms with Gasteiger partial charge in [-0.3, -0.25) is 4.90 Å². The zero-order chi connectivity index (χ0) is 15.1. The first-order chi connectivity index (χ1) is 10.7. The summed E-state index contributed by atoms with van der Waals surface area (Å²) >= 11 is 3.59. The third kappa shape index (κ3) is 2.71. The molecule has 0 N–H and O–H groups in total. The summed E-state index contributed by atoms with van der Waals surface area (Å²) in [6, 6.07) is 2.29. The monoisotopic (exact) mass is 332 g/mol. The van der Waals surface area contributed by atoms with Crippen molar-refractivity contribution in [3.05, 3.63) is 38.6 Å². The summed E-state index contributed by atoms with van der Waals surface area (Å²) in [5.74, 6) is 1.40. The van der Waals surface area contributed by atoms with Crippen LogP contribution in [0.15, 0.2) is 16.0 Å². The highest BCUT2D eigenvalue weighted by atomic mass is 32.1. The van der Waals surface area contributed by atoms with Crippen molar-refractivity contribution in [2.24, 2.45) is 0 Å². The average Bonchev–Trinajstić information content (AvgIpc) is 3.18. The maximum atomic E-state index is 5.22. The maximum Gasteiger partial charge on any atom is 0.240 e. The lowest BCUT2D eigenvalue weighted by atomic mass is 10.1. The molecule has 0 aliphatic carbocycles. The molecule has 0 saturated carbocycles. The fourth-order valence-corrected chi connectivity index (χ4v) is 4.54. The highest BCUT2D eigenvalue weighted by Gasteiger charge is 2.21. The molecule has 1 aliphatic rings. The van der Waals surface area contributed by atoms with Crippen LogP contribution in [0.5, 0.6) is 0 Å². The SMILES string of the molecule is Cc1noc(CN2CCc3sc(-c4csc(C)n4)cc3C2)n1. The quantitative estimate of drug-likeness (QED) is 0.735. The molecule has 0 atom stereocenters. The lowest BCUT2D eigenvalue weighted by molar-refractivity contribution is 0.212. The zero-order valence-corrected chi connectivity index (χ0v) is 14.1. The lowest BCUT2D eigenvalue weighted by Gasteiger charge is -2.24. The fraction of sp³-hybridized carbons (Fsp3) is 0.400. The first-order valence-electron chi connectivity index (χ1n) is 7.23. The van der Waals surface area contributed by atoms with E-state index in [-0.39, 0.29) is 0 Å². The summed E-state index contributed by atoms with van der Waals surface area (Å²) in [7, 11) is 0. The van der Waals surface area contributed by atoms with E-state index in [4.69, 9.17) is 4.52 Å². The molecule has 0 amide bonds. The van der Waals surface area contributed by atoms with Crippen LogP contribution in [-0.4, -0.2) is 26.6 Å². The standard InChI is InChI=1S/C15H16N4OS2/c1-9-16-15(20-18-9)7-19-4-3-13-11(6-19)5-14(22-13)12-8-21-10(2)17-12/h5,8H,3-4,6-7H2,1-2H3. The Hall–Kier alpha value is -1.57. The number of hydrogen-bond acceptors (Lipinski definition) is 7. The Morgan fingerprint density at radius 2 is 2.23 bits per heavy atom. The van der Waals surface area contributed by atoms with Gasteiger partial charge in [0.15, 0.2) is 5.82 Å². The van der Waals surface area contributed by atoms with Gasteiger partial charge in [-0.1, -0.05) is 5.16 Å². The molecule has 0 bridgehead atoms. The van der Waals surface area contributed by atoms with E-state index in [9.17, 15) is 0 Å². The van der Waals surface area contributed by atoms with Crippen molar-refractivity contribution >= 4 is 22.7 Å². The minimum atomic E-state index is 0.699. The second kappa shape index (κ2) is 5.57. The normalized spacial score (nSPS) is 15.2. The van der Waals surface area contributed by atoms with E-state index in [0.717, 1.165) is 36.8 Å². The molecule has 3 aromatic heterocycles. The van der Waals surface area contributed by atoms with Crippen LogP contribution in [0.2, 0.25) is 0 Å². The van der Waals surface area contributed by atoms with Gasteiger partial charge in [0, 0.05) is 23.3 Å². The molecule has 0 unspecified atom stereocenters. The Bertz CT molecular complexity index is 804. The van der Waals surface area contributed by atoms with E-state index in [1.807, 2.05) is 18.3 Å². The van der Waals surface area contributed by atoms with Gasteiger partial charge in [-0.05, 0) is 31.9 Å². The minimum absolute atomic E-state index is 0.699. The molecule has 0 fully saturated rings. The van der Waals surface area contributed by atoms with Crippen molar-refractivity contribution in [3.8, 4) is 10.6 Å². The second-order valence-corrected chi connectivity index (χ2v) is 7.71. The highest BCUT2D eigenvalue weighted by Crippen LogP contribution is 2.35. The summed E-state index contributed by atoms with van der Waals surface area (Å²) in [5.41, 5.74) is 2.52. The van der Waals surface area contributed by atoms with Crippen LogP contribution in [0.1, 0.15) is 27.2 Å². The van der Waals surface area contributed by atoms with Crippen LogP contribution in [0.3, 0.4) is 0 Å². The summed E-state index contributed by atoms with van der Waals surface area (Å²) in [6.07, 6.45) is 1.08. The smallest absolute Gasteiger partial charge is 0.240 e. The van der Waals surface area contributed by atoms with Gasteiger partial charge in [0.05, 0.1) is 22.1 Å². The van der Waals surface area contributed by atoms with E-state index >= 15 is 0 Å². The molecule has 5 nitrogen and oxygen atoms in total. The Morgan fingerprint density at radius 1 is 1.32 bits per heavy atom. The molecule has 0 aromatic carbocycles. The van der Waals surface area contributed by atoms with Gasteiger partial charge < -0.3 is 4.52 Å². The summed E-state index contributed by atoms with van der Waals surface area (Å²) in [6.45, 7) is 6.60. The number of fused-ring (bicyclic) bond motifs is 1. The third-order valence-corrected chi connectivity index (χ3v) is 5.78. The average molecular weight is 332 g/mol. The molecule has 0 spiro atoms. The van der Waals surface area contributed by atoms with Crippen LogP contribution in [0.25, 0.3) is 10.6 Å². The predicted octanol–water partition coefficient (Wildman–Crippen LogP) is 3.43. The van der Waals surface area contributed by atoms with E-state index in [2.05, 4.69) is 38.4 Å². The molecule has 0 radical (unpaired) electrons. The zero-order valence-electron chi connectivity index (χ0n) is 12.5. The summed E-state index contributed by atoms with van der Waals surface area (Å²) in [5, 5.41) is 7.12. The number of thiophene rings is 1. The highest BCUT2D eigenvalue weighted by molar-refractivity contribution is 7.16. The Balaban J connectivity index is 1.52. The first-order valence-corrected chi connectivity index (χ1v) is 8.92. The van der Waals surface area contributed by atoms with Crippen molar-refractivity contribution < 1.29 is 4.52 Å².